The van der Waals surface area contributed by atoms with E-state index >= 15 is 0 Å². The van der Waals surface area contributed by atoms with Crippen molar-refractivity contribution >= 4 is 0 Å². The molecule has 1 aromatic heterocycles. The maximum Gasteiger partial charge on any atom is 0.171 e. The second-order valence-corrected chi connectivity index (χ2v) is 3.58. The molecule has 0 aliphatic rings. The van der Waals surface area contributed by atoms with Gasteiger partial charge in [0.2, 0.25) is 0 Å². The predicted octanol–water partition coefficient (Wildman–Crippen LogP) is 2.37. The number of aryl methyl sites for hydroxylation is 1. The first-order valence-electron chi connectivity index (χ1n) is 4.96. The first kappa shape index (κ1) is 9.93. The molecule has 0 radical (unpaired) electrons. The number of nitrogens with one attached hydrogen (secondary N) is 1. The summed E-state index contributed by atoms with van der Waals surface area (Å²) in [6.45, 7) is 2.84. The van der Waals surface area contributed by atoms with Gasteiger partial charge in [-0.3, -0.25) is 0 Å². The van der Waals surface area contributed by atoms with Crippen LogP contribution in [-0.2, 0) is 6.54 Å². The van der Waals surface area contributed by atoms with Crippen LogP contribution in [0.15, 0.2) is 35.0 Å². The second-order valence-electron chi connectivity index (χ2n) is 3.58. The van der Waals surface area contributed by atoms with Gasteiger partial charge >= 0.3 is 0 Å². The van der Waals surface area contributed by atoms with E-state index in [1.165, 1.54) is 5.56 Å². The Balaban J connectivity index is 2.36. The van der Waals surface area contributed by atoms with E-state index in [2.05, 4.69) is 41.7 Å². The van der Waals surface area contributed by atoms with Crippen LogP contribution in [0.25, 0.3) is 11.3 Å². The lowest BCUT2D eigenvalue weighted by molar-refractivity contribution is 0.431. The first-order valence-corrected chi connectivity index (χ1v) is 4.96. The zero-order valence-corrected chi connectivity index (χ0v) is 8.95. The standard InChI is InChI=1S/C12H14N2O/c1-9-3-5-10(6-4-9)12-11(7-13-2)8-14-15-12/h3-6,8,13H,7H2,1-2H3. The molecule has 1 aromatic carbocycles. The van der Waals surface area contributed by atoms with Gasteiger partial charge in [0.05, 0.1) is 6.20 Å². The maximum atomic E-state index is 5.25. The highest BCUT2D eigenvalue weighted by Gasteiger charge is 2.09. The van der Waals surface area contributed by atoms with E-state index in [-0.39, 0.29) is 0 Å². The van der Waals surface area contributed by atoms with Crippen LogP contribution in [0.1, 0.15) is 11.1 Å². The van der Waals surface area contributed by atoms with Gasteiger partial charge in [-0.15, -0.1) is 0 Å². The number of aromatic nitrogens is 1. The normalized spacial score (nSPS) is 10.5. The molecule has 0 spiro atoms. The SMILES string of the molecule is CNCc1cnoc1-c1ccc(C)cc1. The van der Waals surface area contributed by atoms with Crippen LogP contribution in [0, 0.1) is 6.92 Å². The molecule has 3 heteroatoms. The molecule has 0 saturated heterocycles. The second kappa shape index (κ2) is 4.28. The number of benzene rings is 1. The van der Waals surface area contributed by atoms with Crippen molar-refractivity contribution < 1.29 is 4.52 Å². The lowest BCUT2D eigenvalue weighted by Crippen LogP contribution is -2.04. The summed E-state index contributed by atoms with van der Waals surface area (Å²) < 4.78 is 5.25. The molecule has 0 aliphatic carbocycles. The van der Waals surface area contributed by atoms with Crippen LogP contribution < -0.4 is 5.32 Å². The Morgan fingerprint density at radius 3 is 2.67 bits per heavy atom. The van der Waals surface area contributed by atoms with Crippen molar-refractivity contribution in [2.75, 3.05) is 7.05 Å². The zero-order chi connectivity index (χ0) is 10.7. The lowest BCUT2D eigenvalue weighted by atomic mass is 10.1. The topological polar surface area (TPSA) is 38.1 Å². The van der Waals surface area contributed by atoms with Gasteiger partial charge in [-0.25, -0.2) is 0 Å². The molecule has 1 N–H and O–H groups in total. The largest absolute Gasteiger partial charge is 0.356 e. The minimum atomic E-state index is 0.771. The lowest BCUT2D eigenvalue weighted by Gasteiger charge is -2.00. The van der Waals surface area contributed by atoms with Crippen LogP contribution in [0.2, 0.25) is 0 Å². The van der Waals surface area contributed by atoms with Crippen molar-refractivity contribution in [3.8, 4) is 11.3 Å². The van der Waals surface area contributed by atoms with Crippen LogP contribution in [0.3, 0.4) is 0 Å². The van der Waals surface area contributed by atoms with Gasteiger partial charge in [-0.2, -0.15) is 0 Å². The Hall–Kier alpha value is -1.61. The van der Waals surface area contributed by atoms with Gasteiger partial charge in [0.25, 0.3) is 0 Å². The molecule has 1 heterocycles. The van der Waals surface area contributed by atoms with E-state index in [4.69, 9.17) is 4.52 Å². The van der Waals surface area contributed by atoms with Crippen molar-refractivity contribution in [1.29, 1.82) is 0 Å². The van der Waals surface area contributed by atoms with Gasteiger partial charge in [0, 0.05) is 17.7 Å². The molecule has 0 saturated carbocycles. The molecular weight excluding hydrogens is 188 g/mol. The zero-order valence-electron chi connectivity index (χ0n) is 8.95. The molecular formula is C12H14N2O. The minimum Gasteiger partial charge on any atom is -0.356 e. The highest BCUT2D eigenvalue weighted by Crippen LogP contribution is 2.23. The summed E-state index contributed by atoms with van der Waals surface area (Å²) in [7, 11) is 1.91. The van der Waals surface area contributed by atoms with Gasteiger partial charge in [0.1, 0.15) is 0 Å². The van der Waals surface area contributed by atoms with Gasteiger partial charge in [0.15, 0.2) is 5.76 Å². The van der Waals surface area contributed by atoms with Crippen molar-refractivity contribution in [3.63, 3.8) is 0 Å². The summed E-state index contributed by atoms with van der Waals surface area (Å²) in [6.07, 6.45) is 1.76. The van der Waals surface area contributed by atoms with Crippen molar-refractivity contribution in [2.45, 2.75) is 13.5 Å². The Morgan fingerprint density at radius 1 is 1.27 bits per heavy atom. The Labute approximate surface area is 89.1 Å². The van der Waals surface area contributed by atoms with Crippen molar-refractivity contribution in [1.82, 2.24) is 10.5 Å². The van der Waals surface area contributed by atoms with E-state index in [0.717, 1.165) is 23.4 Å². The third-order valence-electron chi connectivity index (χ3n) is 2.33. The number of nitrogens with zero attached hydrogens (tertiary/aromatic N) is 1. The fourth-order valence-electron chi connectivity index (χ4n) is 1.52. The Morgan fingerprint density at radius 2 is 2.00 bits per heavy atom. The highest BCUT2D eigenvalue weighted by molar-refractivity contribution is 5.60. The number of hydrogen-bond acceptors (Lipinski definition) is 3. The number of rotatable bonds is 3. The molecule has 2 aromatic rings. The fourth-order valence-corrected chi connectivity index (χ4v) is 1.52. The van der Waals surface area contributed by atoms with Crippen molar-refractivity contribution in [2.24, 2.45) is 0 Å². The van der Waals surface area contributed by atoms with E-state index in [0.29, 0.717) is 0 Å². The number of hydrogen-bond donors (Lipinski definition) is 1. The average Bonchev–Trinajstić information content (AvgIpc) is 2.68. The fraction of sp³-hybridized carbons (Fsp3) is 0.250. The van der Waals surface area contributed by atoms with Gasteiger partial charge in [-0.05, 0) is 14.0 Å². The quantitative estimate of drug-likeness (QED) is 0.830. The summed E-state index contributed by atoms with van der Waals surface area (Å²) in [5.74, 6) is 0.851. The Kier molecular flexibility index (Phi) is 2.83. The molecule has 0 unspecified atom stereocenters. The van der Waals surface area contributed by atoms with Crippen molar-refractivity contribution in [3.05, 3.63) is 41.6 Å². The first-order chi connectivity index (χ1) is 7.31. The third kappa shape index (κ3) is 2.07. The molecule has 15 heavy (non-hydrogen) atoms. The van der Waals surface area contributed by atoms with E-state index in [1.54, 1.807) is 6.20 Å². The molecule has 0 bridgehead atoms. The summed E-state index contributed by atoms with van der Waals surface area (Å²) in [6, 6.07) is 8.24. The van der Waals surface area contributed by atoms with Crippen LogP contribution >= 0.6 is 0 Å². The van der Waals surface area contributed by atoms with Crippen LogP contribution in [-0.4, -0.2) is 12.2 Å². The smallest absolute Gasteiger partial charge is 0.171 e. The summed E-state index contributed by atoms with van der Waals surface area (Å²) >= 11 is 0. The van der Waals surface area contributed by atoms with E-state index < -0.39 is 0 Å². The van der Waals surface area contributed by atoms with E-state index in [1.807, 2.05) is 7.05 Å². The summed E-state index contributed by atoms with van der Waals surface area (Å²) in [4.78, 5) is 0. The summed E-state index contributed by atoms with van der Waals surface area (Å²) in [5, 5.41) is 6.92. The molecule has 2 rings (SSSR count). The van der Waals surface area contributed by atoms with Gasteiger partial charge in [-0.1, -0.05) is 35.0 Å². The minimum absolute atomic E-state index is 0.771. The average molecular weight is 202 g/mol. The monoisotopic (exact) mass is 202 g/mol. The molecule has 0 amide bonds. The molecule has 3 nitrogen and oxygen atoms in total. The van der Waals surface area contributed by atoms with E-state index in [9.17, 15) is 0 Å². The molecule has 0 aliphatic heterocycles. The maximum absolute atomic E-state index is 5.25. The molecule has 0 atom stereocenters. The summed E-state index contributed by atoms with van der Waals surface area (Å²) in [5.41, 5.74) is 3.40. The van der Waals surface area contributed by atoms with Crippen LogP contribution in [0.4, 0.5) is 0 Å². The molecule has 0 fully saturated rings. The van der Waals surface area contributed by atoms with Crippen LogP contribution in [0.5, 0.6) is 0 Å². The predicted molar refractivity (Wildman–Crippen MR) is 59.4 cm³/mol. The Bertz CT molecular complexity index is 431. The highest BCUT2D eigenvalue weighted by atomic mass is 16.5. The molecule has 78 valence electrons. The van der Waals surface area contributed by atoms with Gasteiger partial charge < -0.3 is 9.84 Å². The third-order valence-corrected chi connectivity index (χ3v) is 2.33.